The van der Waals surface area contributed by atoms with Crippen LogP contribution in [-0.4, -0.2) is 47.3 Å². The monoisotopic (exact) mass is 398 g/mol. The molecule has 2 fully saturated rings. The predicted octanol–water partition coefficient (Wildman–Crippen LogP) is 3.29. The highest BCUT2D eigenvalue weighted by atomic mass is 16.5. The zero-order valence-electron chi connectivity index (χ0n) is 17.2. The van der Waals surface area contributed by atoms with Crippen molar-refractivity contribution in [1.82, 2.24) is 15.3 Å². The van der Waals surface area contributed by atoms with Gasteiger partial charge in [0.25, 0.3) is 0 Å². The highest BCUT2D eigenvalue weighted by molar-refractivity contribution is 5.84. The average molecular weight is 399 g/mol. The Morgan fingerprint density at radius 3 is 2.69 bits per heavy atom. The summed E-state index contributed by atoms with van der Waals surface area (Å²) in [6.45, 7) is 5.23. The van der Waals surface area contributed by atoms with Gasteiger partial charge in [0.05, 0.1) is 13.2 Å². The van der Waals surface area contributed by atoms with Crippen molar-refractivity contribution in [3.63, 3.8) is 0 Å². The second kappa shape index (κ2) is 8.95. The van der Waals surface area contributed by atoms with Gasteiger partial charge in [0.15, 0.2) is 0 Å². The number of nitrogens with one attached hydrogen (secondary N) is 2. The summed E-state index contributed by atoms with van der Waals surface area (Å²) in [5.74, 6) is 1.58. The third-order valence-corrected chi connectivity index (χ3v) is 5.69. The number of para-hydroxylation sites is 1. The van der Waals surface area contributed by atoms with Gasteiger partial charge in [-0.2, -0.15) is 0 Å². The molecule has 1 unspecified atom stereocenters. The molecule has 7 nitrogen and oxygen atoms in total. The zero-order valence-corrected chi connectivity index (χ0v) is 17.2. The number of carbonyl (C=O) groups is 1. The highest BCUT2D eigenvalue weighted by Crippen LogP contribution is 2.28. The minimum Gasteiger partial charge on any atom is -0.486 e. The molecule has 2 N–H and O–H groups in total. The molecule has 4 rings (SSSR count). The van der Waals surface area contributed by atoms with Gasteiger partial charge in [-0.1, -0.05) is 26.0 Å². The van der Waals surface area contributed by atoms with Crippen LogP contribution < -0.4 is 15.4 Å². The second-order valence-electron chi connectivity index (χ2n) is 8.35. The maximum atomic E-state index is 11.9. The van der Waals surface area contributed by atoms with Crippen molar-refractivity contribution in [3.8, 4) is 5.75 Å². The summed E-state index contributed by atoms with van der Waals surface area (Å²) < 4.78 is 11.5. The Morgan fingerprint density at radius 1 is 1.17 bits per heavy atom. The van der Waals surface area contributed by atoms with Crippen LogP contribution in [0.3, 0.4) is 0 Å². The van der Waals surface area contributed by atoms with Crippen LogP contribution in [0.2, 0.25) is 0 Å². The van der Waals surface area contributed by atoms with Crippen molar-refractivity contribution in [1.29, 1.82) is 0 Å². The highest BCUT2D eigenvalue weighted by Gasteiger charge is 2.24. The molecule has 0 bridgehead atoms. The van der Waals surface area contributed by atoms with Gasteiger partial charge in [-0.25, -0.2) is 9.97 Å². The number of hydrogen-bond acceptors (Lipinski definition) is 6. The SMILES string of the molecule is CC(C)C(=O)N[C@H]1CC[C@H](Nc2ncc3cccc(OC4CCOC4)c3n2)CC1. The second-order valence-corrected chi connectivity index (χ2v) is 8.35. The minimum atomic E-state index is 0.0315. The van der Waals surface area contributed by atoms with Crippen molar-refractivity contribution in [2.24, 2.45) is 5.92 Å². The first kappa shape index (κ1) is 19.9. The van der Waals surface area contributed by atoms with Crippen molar-refractivity contribution in [3.05, 3.63) is 24.4 Å². The van der Waals surface area contributed by atoms with Gasteiger partial charge in [0.1, 0.15) is 17.4 Å². The van der Waals surface area contributed by atoms with Gasteiger partial charge in [-0.3, -0.25) is 4.79 Å². The third-order valence-electron chi connectivity index (χ3n) is 5.69. The molecule has 29 heavy (non-hydrogen) atoms. The molecule has 1 aliphatic heterocycles. The third kappa shape index (κ3) is 4.96. The Bertz CT molecular complexity index is 843. The van der Waals surface area contributed by atoms with E-state index in [0.29, 0.717) is 18.6 Å². The van der Waals surface area contributed by atoms with Gasteiger partial charge < -0.3 is 20.1 Å². The molecule has 1 atom stereocenters. The van der Waals surface area contributed by atoms with Gasteiger partial charge in [0.2, 0.25) is 11.9 Å². The van der Waals surface area contributed by atoms with Gasteiger partial charge in [-0.05, 0) is 31.7 Å². The molecule has 1 saturated heterocycles. The Kier molecular flexibility index (Phi) is 6.13. The molecule has 2 heterocycles. The summed E-state index contributed by atoms with van der Waals surface area (Å²) in [7, 11) is 0. The fourth-order valence-corrected chi connectivity index (χ4v) is 3.91. The summed E-state index contributed by atoms with van der Waals surface area (Å²) in [5.41, 5.74) is 0.829. The Hall–Kier alpha value is -2.41. The fourth-order valence-electron chi connectivity index (χ4n) is 3.91. The summed E-state index contributed by atoms with van der Waals surface area (Å²) in [6.07, 6.45) is 6.76. The van der Waals surface area contributed by atoms with E-state index in [9.17, 15) is 4.79 Å². The van der Waals surface area contributed by atoms with Gasteiger partial charge >= 0.3 is 0 Å². The molecule has 1 aromatic carbocycles. The lowest BCUT2D eigenvalue weighted by atomic mass is 9.91. The lowest BCUT2D eigenvalue weighted by Crippen LogP contribution is -2.41. The maximum Gasteiger partial charge on any atom is 0.223 e. The fraction of sp³-hybridized carbons (Fsp3) is 0.591. The quantitative estimate of drug-likeness (QED) is 0.777. The molecule has 1 amide bonds. The van der Waals surface area contributed by atoms with E-state index in [2.05, 4.69) is 15.6 Å². The topological polar surface area (TPSA) is 85.4 Å². The zero-order chi connectivity index (χ0) is 20.2. The number of fused-ring (bicyclic) bond motifs is 1. The Labute approximate surface area is 171 Å². The minimum absolute atomic E-state index is 0.0315. The Balaban J connectivity index is 1.39. The summed E-state index contributed by atoms with van der Waals surface area (Å²) >= 11 is 0. The molecule has 0 spiro atoms. The van der Waals surface area contributed by atoms with Gasteiger partial charge in [-0.15, -0.1) is 0 Å². The smallest absolute Gasteiger partial charge is 0.223 e. The predicted molar refractivity (Wildman–Crippen MR) is 112 cm³/mol. The van der Waals surface area contributed by atoms with Crippen LogP contribution in [0.4, 0.5) is 5.95 Å². The summed E-state index contributed by atoms with van der Waals surface area (Å²) in [5, 5.41) is 7.58. The maximum absolute atomic E-state index is 11.9. The van der Waals surface area contributed by atoms with E-state index in [1.807, 2.05) is 38.2 Å². The number of benzene rings is 1. The van der Waals surface area contributed by atoms with Crippen LogP contribution in [0.1, 0.15) is 46.0 Å². The Morgan fingerprint density at radius 2 is 1.97 bits per heavy atom. The van der Waals surface area contributed by atoms with Crippen molar-refractivity contribution >= 4 is 22.8 Å². The first-order valence-electron chi connectivity index (χ1n) is 10.7. The molecule has 1 saturated carbocycles. The van der Waals surface area contributed by atoms with E-state index in [1.54, 1.807) is 0 Å². The van der Waals surface area contributed by atoms with Crippen LogP contribution in [0, 0.1) is 5.92 Å². The normalized spacial score (nSPS) is 24.6. The summed E-state index contributed by atoms with van der Waals surface area (Å²) in [4.78, 5) is 21.1. The van der Waals surface area contributed by atoms with E-state index in [1.165, 1.54) is 0 Å². The number of rotatable bonds is 6. The van der Waals surface area contributed by atoms with E-state index < -0.39 is 0 Å². The van der Waals surface area contributed by atoms with Crippen LogP contribution >= 0.6 is 0 Å². The van der Waals surface area contributed by atoms with Crippen LogP contribution in [0.25, 0.3) is 10.9 Å². The molecular weight excluding hydrogens is 368 g/mol. The van der Waals surface area contributed by atoms with E-state index in [-0.39, 0.29) is 24.0 Å². The number of hydrogen-bond donors (Lipinski definition) is 2. The molecule has 1 aliphatic carbocycles. The molecule has 7 heteroatoms. The molecule has 156 valence electrons. The lowest BCUT2D eigenvalue weighted by molar-refractivity contribution is -0.124. The first-order chi connectivity index (χ1) is 14.1. The first-order valence-corrected chi connectivity index (χ1v) is 10.7. The van der Waals surface area contributed by atoms with Crippen molar-refractivity contribution < 1.29 is 14.3 Å². The molecule has 0 radical (unpaired) electrons. The molecule has 2 aliphatic rings. The molecule has 2 aromatic rings. The van der Waals surface area contributed by atoms with Crippen LogP contribution in [-0.2, 0) is 9.53 Å². The average Bonchev–Trinajstić information content (AvgIpc) is 3.23. The van der Waals surface area contributed by atoms with Crippen LogP contribution in [0.15, 0.2) is 24.4 Å². The standard InChI is InChI=1S/C22H30N4O3/c1-14(2)21(27)24-16-6-8-17(9-7-16)25-22-23-12-15-4-3-5-19(20(15)26-22)29-18-10-11-28-13-18/h3-5,12,14,16-18H,6-11,13H2,1-2H3,(H,24,27)(H,23,25,26)/t16-,17-,18?. The number of carbonyl (C=O) groups excluding carboxylic acids is 1. The molecular formula is C22H30N4O3. The number of nitrogens with zero attached hydrogens (tertiary/aromatic N) is 2. The number of aromatic nitrogens is 2. The number of ether oxygens (including phenoxy) is 2. The number of amides is 1. The van der Waals surface area contributed by atoms with Crippen molar-refractivity contribution in [2.75, 3.05) is 18.5 Å². The lowest BCUT2D eigenvalue weighted by Gasteiger charge is -2.30. The number of anilines is 1. The van der Waals surface area contributed by atoms with E-state index >= 15 is 0 Å². The largest absolute Gasteiger partial charge is 0.486 e. The molecule has 1 aromatic heterocycles. The van der Waals surface area contributed by atoms with E-state index in [0.717, 1.165) is 55.4 Å². The van der Waals surface area contributed by atoms with Gasteiger partial charge in [0, 0.05) is 36.0 Å². The van der Waals surface area contributed by atoms with Crippen molar-refractivity contribution in [2.45, 2.75) is 64.1 Å². The van der Waals surface area contributed by atoms with E-state index in [4.69, 9.17) is 14.5 Å². The summed E-state index contributed by atoms with van der Waals surface area (Å²) in [6, 6.07) is 6.52. The van der Waals surface area contributed by atoms with Crippen LogP contribution in [0.5, 0.6) is 5.75 Å².